The SMILES string of the molecule is N=C(c1ccc(Br)cc1N)C1NC2=C(CNC2)N1. The van der Waals surface area contributed by atoms with Crippen LogP contribution in [-0.2, 0) is 0 Å². The van der Waals surface area contributed by atoms with Crippen LogP contribution in [0.5, 0.6) is 0 Å². The van der Waals surface area contributed by atoms with E-state index in [0.717, 1.165) is 34.5 Å². The third kappa shape index (κ3) is 1.87. The van der Waals surface area contributed by atoms with Crippen molar-refractivity contribution in [2.24, 2.45) is 0 Å². The minimum absolute atomic E-state index is 0.180. The van der Waals surface area contributed by atoms with Crippen molar-refractivity contribution < 1.29 is 0 Å². The van der Waals surface area contributed by atoms with E-state index in [2.05, 4.69) is 31.9 Å². The standard InChI is InChI=1S/C12H14BrN5/c13-6-1-2-7(8(14)3-6)11(15)12-17-9-4-16-5-10(9)18-12/h1-3,12,15-18H,4-5,14H2. The highest BCUT2D eigenvalue weighted by atomic mass is 79.9. The molecule has 94 valence electrons. The van der Waals surface area contributed by atoms with Crippen molar-refractivity contribution in [1.29, 1.82) is 5.41 Å². The van der Waals surface area contributed by atoms with Crippen LogP contribution in [0.15, 0.2) is 34.1 Å². The molecule has 0 bridgehead atoms. The molecule has 1 aromatic rings. The first-order chi connectivity index (χ1) is 8.65. The van der Waals surface area contributed by atoms with Gasteiger partial charge in [0, 0.05) is 40.2 Å². The summed E-state index contributed by atoms with van der Waals surface area (Å²) in [6, 6.07) is 5.59. The van der Waals surface area contributed by atoms with E-state index in [-0.39, 0.29) is 6.17 Å². The van der Waals surface area contributed by atoms with Crippen molar-refractivity contribution in [3.05, 3.63) is 39.6 Å². The van der Waals surface area contributed by atoms with Crippen LogP contribution in [0.3, 0.4) is 0 Å². The topological polar surface area (TPSA) is 86.0 Å². The van der Waals surface area contributed by atoms with Gasteiger partial charge in [-0.3, -0.25) is 0 Å². The molecule has 6 heteroatoms. The molecule has 0 unspecified atom stereocenters. The summed E-state index contributed by atoms with van der Waals surface area (Å²) in [7, 11) is 0. The van der Waals surface area contributed by atoms with Gasteiger partial charge in [-0.2, -0.15) is 0 Å². The number of benzene rings is 1. The quantitative estimate of drug-likeness (QED) is 0.412. The molecular weight excluding hydrogens is 294 g/mol. The summed E-state index contributed by atoms with van der Waals surface area (Å²) in [5, 5.41) is 18.1. The molecule has 0 aromatic heterocycles. The molecule has 0 radical (unpaired) electrons. The molecule has 0 fully saturated rings. The van der Waals surface area contributed by atoms with Gasteiger partial charge in [-0.05, 0) is 18.2 Å². The number of nitrogen functional groups attached to an aromatic ring is 1. The molecule has 2 aliphatic rings. The highest BCUT2D eigenvalue weighted by molar-refractivity contribution is 9.10. The zero-order valence-corrected chi connectivity index (χ0v) is 11.3. The number of hydrogen-bond acceptors (Lipinski definition) is 5. The summed E-state index contributed by atoms with van der Waals surface area (Å²) in [5.41, 5.74) is 10.1. The Morgan fingerprint density at radius 1 is 1.28 bits per heavy atom. The Labute approximate surface area is 113 Å². The maximum absolute atomic E-state index is 8.25. The van der Waals surface area contributed by atoms with Crippen molar-refractivity contribution in [3.63, 3.8) is 0 Å². The predicted octanol–water partition coefficient (Wildman–Crippen LogP) is 0.733. The van der Waals surface area contributed by atoms with E-state index in [4.69, 9.17) is 11.1 Å². The zero-order valence-electron chi connectivity index (χ0n) is 9.68. The Morgan fingerprint density at radius 3 is 2.56 bits per heavy atom. The van der Waals surface area contributed by atoms with E-state index in [1.165, 1.54) is 0 Å². The first-order valence-electron chi connectivity index (χ1n) is 5.75. The van der Waals surface area contributed by atoms with Crippen molar-refractivity contribution >= 4 is 27.3 Å². The number of anilines is 1. The maximum Gasteiger partial charge on any atom is 0.140 e. The second kappa shape index (κ2) is 4.29. The molecule has 2 heterocycles. The van der Waals surface area contributed by atoms with Crippen LogP contribution in [-0.4, -0.2) is 25.0 Å². The van der Waals surface area contributed by atoms with Gasteiger partial charge in [-0.1, -0.05) is 15.9 Å². The number of hydrogen-bond donors (Lipinski definition) is 5. The largest absolute Gasteiger partial charge is 0.398 e. The van der Waals surface area contributed by atoms with E-state index < -0.39 is 0 Å². The highest BCUT2D eigenvalue weighted by Gasteiger charge is 2.29. The molecule has 5 nitrogen and oxygen atoms in total. The summed E-state index contributed by atoms with van der Waals surface area (Å²) in [5.74, 6) is 0. The van der Waals surface area contributed by atoms with Crippen LogP contribution in [0.4, 0.5) is 5.69 Å². The fourth-order valence-electron chi connectivity index (χ4n) is 2.27. The van der Waals surface area contributed by atoms with Gasteiger partial charge in [0.25, 0.3) is 0 Å². The molecule has 3 rings (SSSR count). The van der Waals surface area contributed by atoms with Crippen LogP contribution in [0.25, 0.3) is 0 Å². The minimum Gasteiger partial charge on any atom is -0.398 e. The smallest absolute Gasteiger partial charge is 0.140 e. The lowest BCUT2D eigenvalue weighted by atomic mass is 10.1. The second-order valence-electron chi connectivity index (χ2n) is 4.43. The van der Waals surface area contributed by atoms with Gasteiger partial charge in [-0.25, -0.2) is 0 Å². The van der Waals surface area contributed by atoms with Crippen LogP contribution < -0.4 is 21.7 Å². The minimum atomic E-state index is -0.180. The molecule has 2 aliphatic heterocycles. The van der Waals surface area contributed by atoms with E-state index in [1.807, 2.05) is 18.2 Å². The normalized spacial score (nSPS) is 18.5. The van der Waals surface area contributed by atoms with Gasteiger partial charge in [-0.15, -0.1) is 0 Å². The maximum atomic E-state index is 8.25. The van der Waals surface area contributed by atoms with Crippen molar-refractivity contribution in [2.45, 2.75) is 6.17 Å². The fraction of sp³-hybridized carbons (Fsp3) is 0.250. The van der Waals surface area contributed by atoms with Gasteiger partial charge in [0.05, 0.1) is 5.71 Å². The molecule has 0 atom stereocenters. The molecule has 0 saturated carbocycles. The number of halogens is 1. The Balaban J connectivity index is 1.80. The molecule has 0 amide bonds. The monoisotopic (exact) mass is 307 g/mol. The number of nitrogens with one attached hydrogen (secondary N) is 4. The molecule has 6 N–H and O–H groups in total. The van der Waals surface area contributed by atoms with Gasteiger partial charge in [0.2, 0.25) is 0 Å². The Kier molecular flexibility index (Phi) is 2.76. The number of nitrogens with two attached hydrogens (primary N) is 1. The summed E-state index contributed by atoms with van der Waals surface area (Å²) >= 11 is 3.37. The van der Waals surface area contributed by atoms with Crippen LogP contribution in [0.2, 0.25) is 0 Å². The summed E-state index contributed by atoms with van der Waals surface area (Å²) < 4.78 is 0.925. The van der Waals surface area contributed by atoms with Crippen LogP contribution in [0.1, 0.15) is 5.56 Å². The molecule has 0 saturated heterocycles. The third-order valence-electron chi connectivity index (χ3n) is 3.20. The average Bonchev–Trinajstić information content (AvgIpc) is 2.87. The second-order valence-corrected chi connectivity index (χ2v) is 5.34. The van der Waals surface area contributed by atoms with Gasteiger partial charge >= 0.3 is 0 Å². The van der Waals surface area contributed by atoms with Crippen molar-refractivity contribution in [1.82, 2.24) is 16.0 Å². The molecule has 18 heavy (non-hydrogen) atoms. The van der Waals surface area contributed by atoms with Crippen molar-refractivity contribution in [3.8, 4) is 0 Å². The van der Waals surface area contributed by atoms with Crippen LogP contribution >= 0.6 is 15.9 Å². The molecule has 1 aromatic carbocycles. The first-order valence-corrected chi connectivity index (χ1v) is 6.54. The Hall–Kier alpha value is -1.53. The third-order valence-corrected chi connectivity index (χ3v) is 3.69. The Bertz CT molecular complexity index is 535. The summed E-state index contributed by atoms with van der Waals surface area (Å²) in [4.78, 5) is 0. The summed E-state index contributed by atoms with van der Waals surface area (Å²) in [6.07, 6.45) is -0.180. The Morgan fingerprint density at radius 2 is 1.94 bits per heavy atom. The zero-order chi connectivity index (χ0) is 12.7. The van der Waals surface area contributed by atoms with E-state index in [9.17, 15) is 0 Å². The summed E-state index contributed by atoms with van der Waals surface area (Å²) in [6.45, 7) is 1.67. The van der Waals surface area contributed by atoms with Gasteiger partial charge in [0.15, 0.2) is 0 Å². The lowest BCUT2D eigenvalue weighted by Gasteiger charge is -2.18. The van der Waals surface area contributed by atoms with E-state index in [0.29, 0.717) is 11.4 Å². The average molecular weight is 308 g/mol. The fourth-order valence-corrected chi connectivity index (χ4v) is 2.64. The number of rotatable bonds is 2. The van der Waals surface area contributed by atoms with Gasteiger partial charge < -0.3 is 27.1 Å². The van der Waals surface area contributed by atoms with Crippen molar-refractivity contribution in [2.75, 3.05) is 18.8 Å². The molecular formula is C12H14BrN5. The first kappa shape index (κ1) is 11.6. The molecule has 0 aliphatic carbocycles. The highest BCUT2D eigenvalue weighted by Crippen LogP contribution is 2.21. The lowest BCUT2D eigenvalue weighted by Crippen LogP contribution is -2.43. The lowest BCUT2D eigenvalue weighted by molar-refractivity contribution is 0.640. The van der Waals surface area contributed by atoms with Gasteiger partial charge in [0.1, 0.15) is 6.17 Å². The predicted molar refractivity (Wildman–Crippen MR) is 75.3 cm³/mol. The molecule has 0 spiro atoms. The van der Waals surface area contributed by atoms with E-state index >= 15 is 0 Å². The van der Waals surface area contributed by atoms with Crippen LogP contribution in [0, 0.1) is 5.41 Å². The van der Waals surface area contributed by atoms with E-state index in [1.54, 1.807) is 0 Å².